The van der Waals surface area contributed by atoms with E-state index in [2.05, 4.69) is 4.98 Å². The molecule has 0 bridgehead atoms. The van der Waals surface area contributed by atoms with Crippen molar-refractivity contribution in [2.75, 3.05) is 23.7 Å². The molecular formula is C13H20N4O3. The Hall–Kier alpha value is -1.89. The highest BCUT2D eigenvalue weighted by atomic mass is 16.6. The molecule has 1 aromatic rings. The van der Waals surface area contributed by atoms with E-state index in [1.807, 2.05) is 32.6 Å². The van der Waals surface area contributed by atoms with Crippen molar-refractivity contribution in [1.29, 1.82) is 0 Å². The van der Waals surface area contributed by atoms with Crippen molar-refractivity contribution in [3.05, 3.63) is 22.2 Å². The number of ether oxygens (including phenoxy) is 1. The molecule has 1 saturated heterocycles. The SMILES string of the molecule is CC1(C)CN(c2cc([N+](=O)[O-])cc(N)n2)CC(C)(C)O1. The number of nitrogens with zero attached hydrogens (tertiary/aromatic N) is 3. The molecule has 0 unspecified atom stereocenters. The topological polar surface area (TPSA) is 94.5 Å². The maximum Gasteiger partial charge on any atom is 0.276 e. The van der Waals surface area contributed by atoms with E-state index in [0.29, 0.717) is 18.9 Å². The van der Waals surface area contributed by atoms with Gasteiger partial charge >= 0.3 is 0 Å². The smallest absolute Gasteiger partial charge is 0.276 e. The molecule has 2 N–H and O–H groups in total. The Bertz CT molecular complexity index is 526. The molecule has 0 aromatic carbocycles. The van der Waals surface area contributed by atoms with Crippen molar-refractivity contribution in [3.63, 3.8) is 0 Å². The Labute approximate surface area is 117 Å². The summed E-state index contributed by atoms with van der Waals surface area (Å²) in [5.41, 5.74) is 4.90. The van der Waals surface area contributed by atoms with Gasteiger partial charge in [0.1, 0.15) is 11.6 Å². The Morgan fingerprint density at radius 1 is 1.30 bits per heavy atom. The van der Waals surface area contributed by atoms with Crippen molar-refractivity contribution in [2.45, 2.75) is 38.9 Å². The zero-order chi connectivity index (χ0) is 15.1. The Balaban J connectivity index is 2.38. The molecule has 0 amide bonds. The Morgan fingerprint density at radius 2 is 1.85 bits per heavy atom. The Kier molecular flexibility index (Phi) is 3.33. The van der Waals surface area contributed by atoms with Gasteiger partial charge in [-0.1, -0.05) is 0 Å². The van der Waals surface area contributed by atoms with Gasteiger partial charge in [-0.15, -0.1) is 0 Å². The van der Waals surface area contributed by atoms with Gasteiger partial charge in [-0.2, -0.15) is 0 Å². The van der Waals surface area contributed by atoms with Gasteiger partial charge < -0.3 is 15.4 Å². The van der Waals surface area contributed by atoms with E-state index >= 15 is 0 Å². The zero-order valence-corrected chi connectivity index (χ0v) is 12.2. The summed E-state index contributed by atoms with van der Waals surface area (Å²) in [5.74, 6) is 0.664. The monoisotopic (exact) mass is 280 g/mol. The number of aromatic nitrogens is 1. The fraction of sp³-hybridized carbons (Fsp3) is 0.615. The van der Waals surface area contributed by atoms with Gasteiger partial charge in [0.15, 0.2) is 0 Å². The van der Waals surface area contributed by atoms with Gasteiger partial charge in [-0.25, -0.2) is 4.98 Å². The van der Waals surface area contributed by atoms with E-state index in [4.69, 9.17) is 10.5 Å². The van der Waals surface area contributed by atoms with Crippen LogP contribution in [0.5, 0.6) is 0 Å². The zero-order valence-electron chi connectivity index (χ0n) is 12.2. The van der Waals surface area contributed by atoms with Crippen LogP contribution in [0.1, 0.15) is 27.7 Å². The average molecular weight is 280 g/mol. The second-order valence-electron chi connectivity index (χ2n) is 6.34. The van der Waals surface area contributed by atoms with Gasteiger partial charge in [0.2, 0.25) is 0 Å². The molecule has 0 saturated carbocycles. The first-order chi connectivity index (χ1) is 9.08. The Morgan fingerprint density at radius 3 is 2.35 bits per heavy atom. The highest BCUT2D eigenvalue weighted by Crippen LogP contribution is 2.32. The normalized spacial score (nSPS) is 20.7. The second kappa shape index (κ2) is 4.59. The van der Waals surface area contributed by atoms with Crippen LogP contribution in [0.3, 0.4) is 0 Å². The number of nitrogens with two attached hydrogens (primary N) is 1. The van der Waals surface area contributed by atoms with Crippen LogP contribution in [0.15, 0.2) is 12.1 Å². The highest BCUT2D eigenvalue weighted by Gasteiger charge is 2.39. The van der Waals surface area contributed by atoms with Crippen LogP contribution in [-0.4, -0.2) is 34.2 Å². The largest absolute Gasteiger partial charge is 0.383 e. The lowest BCUT2D eigenvalue weighted by Crippen LogP contribution is -2.57. The van der Waals surface area contributed by atoms with Gasteiger partial charge in [0, 0.05) is 13.1 Å². The summed E-state index contributed by atoms with van der Waals surface area (Å²) < 4.78 is 5.99. The third-order valence-corrected chi connectivity index (χ3v) is 3.05. The molecule has 7 heteroatoms. The van der Waals surface area contributed by atoms with Crippen molar-refractivity contribution >= 4 is 17.3 Å². The lowest BCUT2D eigenvalue weighted by molar-refractivity contribution is -0.384. The minimum atomic E-state index is -0.460. The molecule has 0 atom stereocenters. The molecule has 110 valence electrons. The van der Waals surface area contributed by atoms with Gasteiger partial charge in [0.25, 0.3) is 5.69 Å². The first-order valence-electron chi connectivity index (χ1n) is 6.45. The van der Waals surface area contributed by atoms with Gasteiger partial charge in [0.05, 0.1) is 28.3 Å². The first kappa shape index (κ1) is 14.5. The lowest BCUT2D eigenvalue weighted by Gasteiger charge is -2.47. The average Bonchev–Trinajstić information content (AvgIpc) is 2.23. The van der Waals surface area contributed by atoms with Crippen LogP contribution in [0.2, 0.25) is 0 Å². The molecular weight excluding hydrogens is 260 g/mol. The van der Waals surface area contributed by atoms with E-state index in [1.165, 1.54) is 12.1 Å². The van der Waals surface area contributed by atoms with E-state index in [-0.39, 0.29) is 22.7 Å². The van der Waals surface area contributed by atoms with E-state index in [9.17, 15) is 10.1 Å². The predicted molar refractivity (Wildman–Crippen MR) is 76.8 cm³/mol. The molecule has 7 nitrogen and oxygen atoms in total. The minimum absolute atomic E-state index is 0.0467. The van der Waals surface area contributed by atoms with Crippen LogP contribution in [0.25, 0.3) is 0 Å². The van der Waals surface area contributed by atoms with Crippen LogP contribution < -0.4 is 10.6 Å². The molecule has 1 aliphatic rings. The number of pyridine rings is 1. The van der Waals surface area contributed by atoms with Crippen LogP contribution >= 0.6 is 0 Å². The summed E-state index contributed by atoms with van der Waals surface area (Å²) in [6.45, 7) is 9.15. The number of morpholine rings is 1. The van der Waals surface area contributed by atoms with Crippen molar-refractivity contribution < 1.29 is 9.66 Å². The summed E-state index contributed by atoms with van der Waals surface area (Å²) in [6.07, 6.45) is 0. The summed E-state index contributed by atoms with van der Waals surface area (Å²) >= 11 is 0. The minimum Gasteiger partial charge on any atom is -0.383 e. The van der Waals surface area contributed by atoms with E-state index < -0.39 is 4.92 Å². The third kappa shape index (κ3) is 3.16. The summed E-state index contributed by atoms with van der Waals surface area (Å²) in [7, 11) is 0. The van der Waals surface area contributed by atoms with Crippen LogP contribution in [-0.2, 0) is 4.74 Å². The molecule has 20 heavy (non-hydrogen) atoms. The lowest BCUT2D eigenvalue weighted by atomic mass is 9.99. The molecule has 2 heterocycles. The van der Waals surface area contributed by atoms with Gasteiger partial charge in [-0.3, -0.25) is 10.1 Å². The molecule has 1 fully saturated rings. The fourth-order valence-corrected chi connectivity index (χ4v) is 2.74. The number of nitro groups is 1. The maximum absolute atomic E-state index is 10.9. The van der Waals surface area contributed by atoms with Gasteiger partial charge in [-0.05, 0) is 27.7 Å². The van der Waals surface area contributed by atoms with Crippen molar-refractivity contribution in [3.8, 4) is 0 Å². The molecule has 1 aliphatic heterocycles. The molecule has 0 radical (unpaired) electrons. The predicted octanol–water partition coefficient (Wildman–Crippen LogP) is 1.97. The first-order valence-corrected chi connectivity index (χ1v) is 6.45. The molecule has 0 spiro atoms. The summed E-state index contributed by atoms with van der Waals surface area (Å²) in [4.78, 5) is 16.7. The summed E-state index contributed by atoms with van der Waals surface area (Å²) in [5, 5.41) is 10.9. The number of anilines is 2. The quantitative estimate of drug-likeness (QED) is 0.657. The van der Waals surface area contributed by atoms with Crippen molar-refractivity contribution in [1.82, 2.24) is 4.98 Å². The molecule has 0 aliphatic carbocycles. The highest BCUT2D eigenvalue weighted by molar-refractivity contribution is 5.54. The summed E-state index contributed by atoms with van der Waals surface area (Å²) in [6, 6.07) is 2.72. The maximum atomic E-state index is 10.9. The fourth-order valence-electron chi connectivity index (χ4n) is 2.74. The van der Waals surface area contributed by atoms with Crippen LogP contribution in [0.4, 0.5) is 17.3 Å². The van der Waals surface area contributed by atoms with E-state index in [0.717, 1.165) is 0 Å². The number of rotatable bonds is 2. The standard InChI is InChI=1S/C13H20N4O3/c1-12(2)7-16(8-13(3,4)20-12)11-6-9(17(18)19)5-10(14)15-11/h5-6H,7-8H2,1-4H3,(H2,14,15). The number of hydrogen-bond donors (Lipinski definition) is 1. The molecule has 1 aromatic heterocycles. The molecule has 2 rings (SSSR count). The van der Waals surface area contributed by atoms with Crippen molar-refractivity contribution in [2.24, 2.45) is 0 Å². The third-order valence-electron chi connectivity index (χ3n) is 3.05. The number of hydrogen-bond acceptors (Lipinski definition) is 6. The number of nitrogen functional groups attached to an aromatic ring is 1. The van der Waals surface area contributed by atoms with Crippen LogP contribution in [0, 0.1) is 10.1 Å². The van der Waals surface area contributed by atoms with E-state index in [1.54, 1.807) is 0 Å². The second-order valence-corrected chi connectivity index (χ2v) is 6.34.